The molecule has 4 nitrogen and oxygen atoms in total. The minimum absolute atomic E-state index is 0.0675. The Kier molecular flexibility index (Phi) is 4.92. The lowest BCUT2D eigenvalue weighted by Crippen LogP contribution is -2.22. The Labute approximate surface area is 116 Å². The van der Waals surface area contributed by atoms with E-state index in [0.717, 1.165) is 29.2 Å². The Morgan fingerprint density at radius 3 is 3.16 bits per heavy atom. The smallest absolute Gasteiger partial charge is 0.244 e. The van der Waals surface area contributed by atoms with Crippen LogP contribution in [0.2, 0.25) is 0 Å². The van der Waals surface area contributed by atoms with Crippen LogP contribution in [0.4, 0.5) is 0 Å². The van der Waals surface area contributed by atoms with Gasteiger partial charge in [0.1, 0.15) is 5.76 Å². The summed E-state index contributed by atoms with van der Waals surface area (Å²) in [4.78, 5) is 12.6. The number of nitrogens with zero attached hydrogens (tertiary/aromatic N) is 1. The maximum Gasteiger partial charge on any atom is 0.244 e. The van der Waals surface area contributed by atoms with Crippen molar-refractivity contribution in [2.45, 2.75) is 19.8 Å². The Bertz CT molecular complexity index is 544. The van der Waals surface area contributed by atoms with Gasteiger partial charge in [0.25, 0.3) is 0 Å². The summed E-state index contributed by atoms with van der Waals surface area (Å²) in [6.45, 7) is 2.53. The highest BCUT2D eigenvalue weighted by Gasteiger charge is 2.01. The molecule has 0 atom stereocenters. The van der Waals surface area contributed by atoms with Gasteiger partial charge in [0.2, 0.25) is 5.91 Å². The summed E-state index contributed by atoms with van der Waals surface area (Å²) < 4.78 is 5.09. The lowest BCUT2D eigenvalue weighted by atomic mass is 10.2. The third-order valence-corrected chi connectivity index (χ3v) is 3.36. The Morgan fingerprint density at radius 2 is 2.47 bits per heavy atom. The van der Waals surface area contributed by atoms with Crippen LogP contribution in [-0.4, -0.2) is 17.6 Å². The number of aromatic nitrogens is 1. The van der Waals surface area contributed by atoms with Crippen LogP contribution < -0.4 is 5.32 Å². The van der Waals surface area contributed by atoms with Crippen molar-refractivity contribution in [2.75, 3.05) is 6.54 Å². The van der Waals surface area contributed by atoms with Crippen molar-refractivity contribution in [3.05, 3.63) is 46.0 Å². The minimum Gasteiger partial charge on any atom is -0.361 e. The molecule has 0 aliphatic heterocycles. The predicted octanol–water partition coefficient (Wildman–Crippen LogP) is 2.81. The summed E-state index contributed by atoms with van der Waals surface area (Å²) in [7, 11) is 0. The SMILES string of the molecule is Cc1cc(CCCNC(=O)C=Cc2cccs2)on1. The summed E-state index contributed by atoms with van der Waals surface area (Å²) in [6.07, 6.45) is 5.01. The summed E-state index contributed by atoms with van der Waals surface area (Å²) >= 11 is 1.61. The van der Waals surface area contributed by atoms with E-state index in [1.54, 1.807) is 17.4 Å². The van der Waals surface area contributed by atoms with Crippen molar-refractivity contribution in [2.24, 2.45) is 0 Å². The average Bonchev–Trinajstić information content (AvgIpc) is 3.04. The molecule has 0 aromatic carbocycles. The summed E-state index contributed by atoms with van der Waals surface area (Å²) in [6, 6.07) is 5.85. The molecule has 19 heavy (non-hydrogen) atoms. The Hall–Kier alpha value is -1.88. The predicted molar refractivity (Wildman–Crippen MR) is 75.9 cm³/mol. The molecule has 0 radical (unpaired) electrons. The third kappa shape index (κ3) is 4.71. The van der Waals surface area contributed by atoms with Crippen molar-refractivity contribution in [3.8, 4) is 0 Å². The maximum atomic E-state index is 11.5. The van der Waals surface area contributed by atoms with Crippen LogP contribution in [0.15, 0.2) is 34.2 Å². The molecule has 0 aliphatic rings. The normalized spacial score (nSPS) is 11.0. The van der Waals surface area contributed by atoms with E-state index >= 15 is 0 Å². The van der Waals surface area contributed by atoms with E-state index in [0.29, 0.717) is 6.54 Å². The number of hydrogen-bond donors (Lipinski definition) is 1. The first kappa shape index (κ1) is 13.5. The highest BCUT2D eigenvalue weighted by molar-refractivity contribution is 7.10. The molecule has 2 aromatic rings. The molecule has 2 heterocycles. The van der Waals surface area contributed by atoms with E-state index in [9.17, 15) is 4.79 Å². The summed E-state index contributed by atoms with van der Waals surface area (Å²) in [5.74, 6) is 0.794. The van der Waals surface area contributed by atoms with Crippen molar-refractivity contribution in [3.63, 3.8) is 0 Å². The molecular weight excluding hydrogens is 260 g/mol. The van der Waals surface area contributed by atoms with Crippen molar-refractivity contribution in [1.82, 2.24) is 10.5 Å². The minimum atomic E-state index is -0.0675. The number of amides is 1. The zero-order chi connectivity index (χ0) is 13.5. The molecule has 2 rings (SSSR count). The largest absolute Gasteiger partial charge is 0.361 e. The van der Waals surface area contributed by atoms with Crippen LogP contribution in [0.25, 0.3) is 6.08 Å². The molecule has 1 N–H and O–H groups in total. The molecule has 0 saturated heterocycles. The van der Waals surface area contributed by atoms with Gasteiger partial charge in [0.05, 0.1) is 5.69 Å². The van der Waals surface area contributed by atoms with Gasteiger partial charge in [-0.25, -0.2) is 0 Å². The van der Waals surface area contributed by atoms with Crippen molar-refractivity contribution >= 4 is 23.3 Å². The van der Waals surface area contributed by atoms with E-state index in [1.165, 1.54) is 0 Å². The van der Waals surface area contributed by atoms with Crippen LogP contribution in [0.1, 0.15) is 22.8 Å². The lowest BCUT2D eigenvalue weighted by Gasteiger charge is -1.99. The second-order valence-corrected chi connectivity index (χ2v) is 5.16. The number of carbonyl (C=O) groups is 1. The monoisotopic (exact) mass is 276 g/mol. The molecule has 5 heteroatoms. The summed E-state index contributed by atoms with van der Waals surface area (Å²) in [5.41, 5.74) is 0.887. The van der Waals surface area contributed by atoms with Crippen LogP contribution in [0.5, 0.6) is 0 Å². The van der Waals surface area contributed by atoms with Gasteiger partial charge in [-0.05, 0) is 30.9 Å². The second-order valence-electron chi connectivity index (χ2n) is 4.18. The third-order valence-electron chi connectivity index (χ3n) is 2.52. The zero-order valence-electron chi connectivity index (χ0n) is 10.8. The highest BCUT2D eigenvalue weighted by Crippen LogP contribution is 2.09. The van der Waals surface area contributed by atoms with Gasteiger partial charge >= 0.3 is 0 Å². The van der Waals surface area contributed by atoms with Gasteiger partial charge in [-0.3, -0.25) is 4.79 Å². The van der Waals surface area contributed by atoms with Gasteiger partial charge in [0.15, 0.2) is 0 Å². The van der Waals surface area contributed by atoms with Crippen molar-refractivity contribution < 1.29 is 9.32 Å². The summed E-state index contributed by atoms with van der Waals surface area (Å²) in [5, 5.41) is 8.64. The molecule has 100 valence electrons. The maximum absolute atomic E-state index is 11.5. The van der Waals surface area contributed by atoms with E-state index in [1.807, 2.05) is 36.6 Å². The number of hydrogen-bond acceptors (Lipinski definition) is 4. The standard InChI is InChI=1S/C14H16N2O2S/c1-11-10-12(18-16-11)4-2-8-15-14(17)7-6-13-5-3-9-19-13/h3,5-7,9-10H,2,4,8H2,1H3,(H,15,17). The van der Waals surface area contributed by atoms with E-state index < -0.39 is 0 Å². The molecule has 0 saturated carbocycles. The number of rotatable bonds is 6. The molecule has 0 fully saturated rings. The zero-order valence-corrected chi connectivity index (χ0v) is 11.6. The van der Waals surface area contributed by atoms with Crippen molar-refractivity contribution in [1.29, 1.82) is 0 Å². The van der Waals surface area contributed by atoms with Crippen LogP contribution in [0.3, 0.4) is 0 Å². The molecule has 2 aromatic heterocycles. The fourth-order valence-corrected chi connectivity index (χ4v) is 2.23. The fourth-order valence-electron chi connectivity index (χ4n) is 1.61. The molecule has 0 bridgehead atoms. The number of carbonyl (C=O) groups excluding carboxylic acids is 1. The first-order valence-corrected chi connectivity index (χ1v) is 7.03. The second kappa shape index (κ2) is 6.89. The molecule has 0 aliphatic carbocycles. The lowest BCUT2D eigenvalue weighted by molar-refractivity contribution is -0.116. The van der Waals surface area contributed by atoms with E-state index in [2.05, 4.69) is 10.5 Å². The van der Waals surface area contributed by atoms with Crippen LogP contribution >= 0.6 is 11.3 Å². The van der Waals surface area contributed by atoms with Gasteiger partial charge in [0, 0.05) is 30.0 Å². The van der Waals surface area contributed by atoms with Gasteiger partial charge in [-0.15, -0.1) is 11.3 Å². The van der Waals surface area contributed by atoms with Crippen LogP contribution in [-0.2, 0) is 11.2 Å². The molecule has 0 spiro atoms. The van der Waals surface area contributed by atoms with Gasteiger partial charge < -0.3 is 9.84 Å². The molecular formula is C14H16N2O2S. The highest BCUT2D eigenvalue weighted by atomic mass is 32.1. The average molecular weight is 276 g/mol. The quantitative estimate of drug-likeness (QED) is 0.652. The van der Waals surface area contributed by atoms with Crippen LogP contribution in [0, 0.1) is 6.92 Å². The molecule has 1 amide bonds. The number of nitrogens with one attached hydrogen (secondary N) is 1. The van der Waals surface area contributed by atoms with Gasteiger partial charge in [-0.2, -0.15) is 0 Å². The van der Waals surface area contributed by atoms with E-state index in [4.69, 9.17) is 4.52 Å². The fraction of sp³-hybridized carbons (Fsp3) is 0.286. The first-order chi connectivity index (χ1) is 9.24. The number of thiophene rings is 1. The molecule has 0 unspecified atom stereocenters. The Balaban J connectivity index is 1.64. The van der Waals surface area contributed by atoms with E-state index in [-0.39, 0.29) is 5.91 Å². The number of aryl methyl sites for hydroxylation is 2. The Morgan fingerprint density at radius 1 is 1.58 bits per heavy atom. The van der Waals surface area contributed by atoms with Gasteiger partial charge in [-0.1, -0.05) is 11.2 Å². The topological polar surface area (TPSA) is 55.1 Å². The first-order valence-electron chi connectivity index (χ1n) is 6.15.